The number of anilines is 1. The van der Waals surface area contributed by atoms with Crippen LogP contribution in [0.25, 0.3) is 0 Å². The molecule has 1 aromatic carbocycles. The molecule has 1 saturated carbocycles. The Hall–Kier alpha value is -1.03. The summed E-state index contributed by atoms with van der Waals surface area (Å²) in [5.74, 6) is -0.328. The van der Waals surface area contributed by atoms with E-state index >= 15 is 0 Å². The van der Waals surface area contributed by atoms with Crippen molar-refractivity contribution in [2.24, 2.45) is 5.41 Å². The molecule has 0 aromatic heterocycles. The van der Waals surface area contributed by atoms with Crippen LogP contribution >= 0.6 is 12.6 Å². The highest BCUT2D eigenvalue weighted by Crippen LogP contribution is 2.37. The Morgan fingerprint density at radius 1 is 1.33 bits per heavy atom. The van der Waals surface area contributed by atoms with Gasteiger partial charge in [0, 0.05) is 10.3 Å². The van der Waals surface area contributed by atoms with Crippen LogP contribution in [0.5, 0.6) is 0 Å². The topological polar surface area (TPSA) is 29.1 Å². The number of rotatable bonds is 2. The molecular weight excluding hydrogens is 249 g/mol. The van der Waals surface area contributed by atoms with Crippen LogP contribution < -0.4 is 5.32 Å². The molecule has 0 unspecified atom stereocenters. The maximum absolute atomic E-state index is 13.0. The van der Waals surface area contributed by atoms with Gasteiger partial charge in [0.15, 0.2) is 0 Å². The molecule has 18 heavy (non-hydrogen) atoms. The van der Waals surface area contributed by atoms with Gasteiger partial charge in [0.05, 0.1) is 5.69 Å². The summed E-state index contributed by atoms with van der Waals surface area (Å²) in [4.78, 5) is 12.7. The van der Waals surface area contributed by atoms with Gasteiger partial charge in [-0.2, -0.15) is 0 Å². The van der Waals surface area contributed by atoms with Crippen LogP contribution in [0.3, 0.4) is 0 Å². The average molecular weight is 267 g/mol. The normalized spacial score (nSPS) is 18.4. The molecule has 1 fully saturated rings. The highest BCUT2D eigenvalue weighted by Gasteiger charge is 2.34. The molecule has 1 aromatic rings. The third-order valence-electron chi connectivity index (χ3n) is 3.71. The molecular formula is C14H18FNOS. The maximum Gasteiger partial charge on any atom is 0.230 e. The van der Waals surface area contributed by atoms with E-state index in [-0.39, 0.29) is 17.1 Å². The highest BCUT2D eigenvalue weighted by atomic mass is 32.1. The van der Waals surface area contributed by atoms with Crippen molar-refractivity contribution in [1.82, 2.24) is 0 Å². The Kier molecular flexibility index (Phi) is 3.95. The number of amides is 1. The highest BCUT2D eigenvalue weighted by molar-refractivity contribution is 7.80. The predicted molar refractivity (Wildman–Crippen MR) is 73.5 cm³/mol. The van der Waals surface area contributed by atoms with E-state index in [0.29, 0.717) is 10.6 Å². The van der Waals surface area contributed by atoms with E-state index in [2.05, 4.69) is 17.9 Å². The van der Waals surface area contributed by atoms with Gasteiger partial charge in [-0.05, 0) is 31.0 Å². The lowest BCUT2D eigenvalue weighted by Crippen LogP contribution is -2.35. The van der Waals surface area contributed by atoms with E-state index in [0.717, 1.165) is 25.7 Å². The number of benzene rings is 1. The summed E-state index contributed by atoms with van der Waals surface area (Å²) in [5.41, 5.74) is 0.281. The van der Waals surface area contributed by atoms with Gasteiger partial charge >= 0.3 is 0 Å². The van der Waals surface area contributed by atoms with E-state index in [4.69, 9.17) is 0 Å². The smallest absolute Gasteiger partial charge is 0.230 e. The van der Waals surface area contributed by atoms with Gasteiger partial charge < -0.3 is 5.32 Å². The zero-order valence-electron chi connectivity index (χ0n) is 10.5. The fraction of sp³-hybridized carbons (Fsp3) is 0.500. The molecule has 0 heterocycles. The molecule has 0 bridgehead atoms. The number of hydrogen-bond acceptors (Lipinski definition) is 2. The first-order valence-electron chi connectivity index (χ1n) is 6.31. The van der Waals surface area contributed by atoms with Crippen molar-refractivity contribution >= 4 is 24.2 Å². The van der Waals surface area contributed by atoms with Crippen molar-refractivity contribution in [3.8, 4) is 0 Å². The van der Waals surface area contributed by atoms with Crippen molar-refractivity contribution in [3.05, 3.63) is 24.0 Å². The number of carbonyl (C=O) groups is 1. The number of hydrogen-bond donors (Lipinski definition) is 2. The monoisotopic (exact) mass is 267 g/mol. The number of nitrogens with one attached hydrogen (secondary N) is 1. The molecule has 0 spiro atoms. The van der Waals surface area contributed by atoms with Crippen LogP contribution in [0, 0.1) is 11.2 Å². The van der Waals surface area contributed by atoms with Crippen LogP contribution in [0.2, 0.25) is 0 Å². The summed E-state index contributed by atoms with van der Waals surface area (Å²) in [6, 6.07) is 4.20. The van der Waals surface area contributed by atoms with Crippen molar-refractivity contribution in [2.45, 2.75) is 43.9 Å². The third kappa shape index (κ3) is 2.86. The Balaban J connectivity index is 2.11. The SMILES string of the molecule is CC1(C(=O)Nc2ccc(F)cc2S)CCCCC1. The summed E-state index contributed by atoms with van der Waals surface area (Å²) in [5, 5.41) is 2.87. The van der Waals surface area contributed by atoms with Crippen LogP contribution in [0.4, 0.5) is 10.1 Å². The van der Waals surface area contributed by atoms with Crippen LogP contribution in [0.1, 0.15) is 39.0 Å². The molecule has 0 saturated heterocycles. The second-order valence-electron chi connectivity index (χ2n) is 5.24. The quantitative estimate of drug-likeness (QED) is 0.778. The molecule has 4 heteroatoms. The lowest BCUT2D eigenvalue weighted by atomic mass is 9.75. The van der Waals surface area contributed by atoms with Gasteiger partial charge in [-0.15, -0.1) is 12.6 Å². The zero-order chi connectivity index (χ0) is 13.2. The van der Waals surface area contributed by atoms with Crippen LogP contribution in [-0.2, 0) is 4.79 Å². The van der Waals surface area contributed by atoms with Gasteiger partial charge in [0.25, 0.3) is 0 Å². The molecule has 0 radical (unpaired) electrons. The van der Waals surface area contributed by atoms with Crippen molar-refractivity contribution in [1.29, 1.82) is 0 Å². The maximum atomic E-state index is 13.0. The zero-order valence-corrected chi connectivity index (χ0v) is 11.4. The molecule has 1 N–H and O–H groups in total. The summed E-state index contributed by atoms with van der Waals surface area (Å²) in [6.45, 7) is 2.00. The van der Waals surface area contributed by atoms with Gasteiger partial charge in [-0.25, -0.2) is 4.39 Å². The lowest BCUT2D eigenvalue weighted by molar-refractivity contribution is -0.126. The van der Waals surface area contributed by atoms with E-state index in [1.54, 1.807) is 6.07 Å². The molecule has 98 valence electrons. The summed E-state index contributed by atoms with van der Waals surface area (Å²) < 4.78 is 13.0. The molecule has 2 nitrogen and oxygen atoms in total. The lowest BCUT2D eigenvalue weighted by Gasteiger charge is -2.32. The Morgan fingerprint density at radius 2 is 2.00 bits per heavy atom. The second kappa shape index (κ2) is 5.31. The van der Waals surface area contributed by atoms with Crippen molar-refractivity contribution in [2.75, 3.05) is 5.32 Å². The van der Waals surface area contributed by atoms with Crippen LogP contribution in [-0.4, -0.2) is 5.91 Å². The minimum Gasteiger partial charge on any atom is -0.325 e. The molecule has 1 aliphatic rings. The molecule has 1 aliphatic carbocycles. The fourth-order valence-corrected chi connectivity index (χ4v) is 2.70. The van der Waals surface area contributed by atoms with Gasteiger partial charge in [-0.3, -0.25) is 4.79 Å². The third-order valence-corrected chi connectivity index (χ3v) is 4.08. The van der Waals surface area contributed by atoms with E-state index in [9.17, 15) is 9.18 Å². The standard InChI is InChI=1S/C14H18FNOS/c1-14(7-3-2-4-8-14)13(17)16-11-6-5-10(15)9-12(11)18/h5-6,9,18H,2-4,7-8H2,1H3,(H,16,17). The first-order chi connectivity index (χ1) is 8.51. The molecule has 2 rings (SSSR count). The predicted octanol–water partition coefficient (Wildman–Crippen LogP) is 4.02. The summed E-state index contributed by atoms with van der Waals surface area (Å²) in [7, 11) is 0. The number of carbonyl (C=O) groups excluding carboxylic acids is 1. The molecule has 0 atom stereocenters. The van der Waals surface area contributed by atoms with Crippen molar-refractivity contribution in [3.63, 3.8) is 0 Å². The van der Waals surface area contributed by atoms with Gasteiger partial charge in [-0.1, -0.05) is 26.2 Å². The van der Waals surface area contributed by atoms with Crippen molar-refractivity contribution < 1.29 is 9.18 Å². The first-order valence-corrected chi connectivity index (χ1v) is 6.76. The Morgan fingerprint density at radius 3 is 2.61 bits per heavy atom. The van der Waals surface area contributed by atoms with E-state index in [1.165, 1.54) is 18.6 Å². The van der Waals surface area contributed by atoms with Gasteiger partial charge in [0.1, 0.15) is 5.82 Å². The van der Waals surface area contributed by atoms with E-state index in [1.807, 2.05) is 6.92 Å². The first kappa shape index (κ1) is 13.4. The Labute approximate surface area is 112 Å². The van der Waals surface area contributed by atoms with Crippen LogP contribution in [0.15, 0.2) is 23.1 Å². The minimum atomic E-state index is -0.345. The molecule has 1 amide bonds. The number of halogens is 1. The average Bonchev–Trinajstić information content (AvgIpc) is 2.33. The largest absolute Gasteiger partial charge is 0.325 e. The summed E-state index contributed by atoms with van der Waals surface area (Å²) in [6.07, 6.45) is 5.24. The second-order valence-corrected chi connectivity index (χ2v) is 5.72. The minimum absolute atomic E-state index is 0.0177. The number of thiol groups is 1. The summed E-state index contributed by atoms with van der Waals surface area (Å²) >= 11 is 4.18. The Bertz CT molecular complexity index is 455. The fourth-order valence-electron chi connectivity index (χ4n) is 2.44. The molecule has 0 aliphatic heterocycles. The van der Waals surface area contributed by atoms with Gasteiger partial charge in [0.2, 0.25) is 5.91 Å². The van der Waals surface area contributed by atoms with E-state index < -0.39 is 0 Å².